The van der Waals surface area contributed by atoms with Crippen LogP contribution in [0.5, 0.6) is 0 Å². The van der Waals surface area contributed by atoms with Gasteiger partial charge in [-0.2, -0.15) is 0 Å². The van der Waals surface area contributed by atoms with Crippen LogP contribution in [0.2, 0.25) is 5.22 Å². The highest BCUT2D eigenvalue weighted by Gasteiger charge is 2.37. The van der Waals surface area contributed by atoms with Gasteiger partial charge in [0.2, 0.25) is 5.22 Å². The molecule has 0 spiro atoms. The van der Waals surface area contributed by atoms with E-state index < -0.39 is 17.4 Å². The number of carbonyl (C=O) groups is 2. The number of carboxylic acid groups (broad SMARTS) is 1. The highest BCUT2D eigenvalue weighted by molar-refractivity contribution is 6.32. The van der Waals surface area contributed by atoms with E-state index in [9.17, 15) is 9.59 Å². The van der Waals surface area contributed by atoms with Gasteiger partial charge in [-0.1, -0.05) is 13.8 Å². The molecule has 0 saturated heterocycles. The van der Waals surface area contributed by atoms with E-state index >= 15 is 0 Å². The molecule has 94 valence electrons. The van der Waals surface area contributed by atoms with E-state index in [2.05, 4.69) is 5.32 Å². The summed E-state index contributed by atoms with van der Waals surface area (Å²) in [6.45, 7) is 3.41. The Kier molecular flexibility index (Phi) is 4.17. The van der Waals surface area contributed by atoms with Gasteiger partial charge in [0.15, 0.2) is 0 Å². The van der Waals surface area contributed by atoms with Crippen LogP contribution in [0.25, 0.3) is 0 Å². The standard InChI is InChI=1S/C11H14ClNO4/c1-3-11(4-2,10(15)16)13-9(14)7-5-6-17-8(7)12/h5-6H,3-4H2,1-2H3,(H,13,14)(H,15,16). The zero-order chi connectivity index (χ0) is 13.1. The van der Waals surface area contributed by atoms with E-state index in [1.165, 1.54) is 12.3 Å². The van der Waals surface area contributed by atoms with E-state index in [1.807, 2.05) is 0 Å². The van der Waals surface area contributed by atoms with Crippen LogP contribution in [-0.4, -0.2) is 22.5 Å². The summed E-state index contributed by atoms with van der Waals surface area (Å²) in [7, 11) is 0. The second-order valence-corrected chi connectivity index (χ2v) is 4.00. The van der Waals surface area contributed by atoms with Crippen LogP contribution in [-0.2, 0) is 4.79 Å². The lowest BCUT2D eigenvalue weighted by Crippen LogP contribution is -2.53. The predicted molar refractivity (Wildman–Crippen MR) is 62.1 cm³/mol. The van der Waals surface area contributed by atoms with E-state index in [1.54, 1.807) is 13.8 Å². The highest BCUT2D eigenvalue weighted by Crippen LogP contribution is 2.20. The Hall–Kier alpha value is -1.49. The summed E-state index contributed by atoms with van der Waals surface area (Å²) >= 11 is 5.65. The lowest BCUT2D eigenvalue weighted by molar-refractivity contribution is -0.144. The van der Waals surface area contributed by atoms with Crippen molar-refractivity contribution in [3.8, 4) is 0 Å². The fraction of sp³-hybridized carbons (Fsp3) is 0.455. The molecular formula is C11H14ClNO4. The van der Waals surface area contributed by atoms with Crippen molar-refractivity contribution in [2.24, 2.45) is 0 Å². The SMILES string of the molecule is CCC(CC)(NC(=O)c1ccoc1Cl)C(=O)O. The van der Waals surface area contributed by atoms with Crippen molar-refractivity contribution in [1.82, 2.24) is 5.32 Å². The molecule has 0 aliphatic carbocycles. The van der Waals surface area contributed by atoms with Gasteiger partial charge in [-0.05, 0) is 30.5 Å². The fourth-order valence-electron chi connectivity index (χ4n) is 1.52. The lowest BCUT2D eigenvalue weighted by Gasteiger charge is -2.27. The maximum atomic E-state index is 11.8. The molecular weight excluding hydrogens is 246 g/mol. The average Bonchev–Trinajstić information content (AvgIpc) is 2.72. The number of aliphatic carboxylic acids is 1. The third-order valence-electron chi connectivity index (χ3n) is 2.83. The number of amides is 1. The third-order valence-corrected chi connectivity index (χ3v) is 3.12. The first-order valence-corrected chi connectivity index (χ1v) is 5.63. The topological polar surface area (TPSA) is 79.5 Å². The second kappa shape index (κ2) is 5.23. The Bertz CT molecular complexity index is 423. The normalized spacial score (nSPS) is 11.2. The zero-order valence-electron chi connectivity index (χ0n) is 9.62. The van der Waals surface area contributed by atoms with Gasteiger partial charge in [-0.3, -0.25) is 4.79 Å². The smallest absolute Gasteiger partial charge is 0.329 e. The number of carbonyl (C=O) groups excluding carboxylic acids is 1. The van der Waals surface area contributed by atoms with Crippen molar-refractivity contribution in [1.29, 1.82) is 0 Å². The van der Waals surface area contributed by atoms with Crippen molar-refractivity contribution in [2.75, 3.05) is 0 Å². The summed E-state index contributed by atoms with van der Waals surface area (Å²) in [6.07, 6.45) is 1.86. The summed E-state index contributed by atoms with van der Waals surface area (Å²) in [6, 6.07) is 1.40. The third kappa shape index (κ3) is 2.61. The summed E-state index contributed by atoms with van der Waals surface area (Å²) in [5, 5.41) is 11.6. The molecule has 0 aromatic carbocycles. The van der Waals surface area contributed by atoms with Gasteiger partial charge in [0, 0.05) is 0 Å². The lowest BCUT2D eigenvalue weighted by atomic mass is 9.92. The zero-order valence-corrected chi connectivity index (χ0v) is 10.4. The van der Waals surface area contributed by atoms with Gasteiger partial charge in [-0.15, -0.1) is 0 Å². The molecule has 0 atom stereocenters. The number of carboxylic acids is 1. The van der Waals surface area contributed by atoms with Gasteiger partial charge in [0.1, 0.15) is 5.54 Å². The largest absolute Gasteiger partial charge is 0.480 e. The first-order chi connectivity index (χ1) is 7.96. The molecule has 1 aromatic heterocycles. The molecule has 1 heterocycles. The van der Waals surface area contributed by atoms with Crippen LogP contribution < -0.4 is 5.32 Å². The molecule has 17 heavy (non-hydrogen) atoms. The molecule has 0 bridgehead atoms. The van der Waals surface area contributed by atoms with Crippen molar-refractivity contribution in [3.63, 3.8) is 0 Å². The number of furan rings is 1. The molecule has 1 aromatic rings. The first-order valence-electron chi connectivity index (χ1n) is 5.25. The number of nitrogens with one attached hydrogen (secondary N) is 1. The molecule has 0 saturated carbocycles. The molecule has 6 heteroatoms. The van der Waals surface area contributed by atoms with Crippen LogP contribution in [0.15, 0.2) is 16.7 Å². The van der Waals surface area contributed by atoms with Gasteiger partial charge in [0.25, 0.3) is 5.91 Å². The summed E-state index contributed by atoms with van der Waals surface area (Å²) < 4.78 is 4.79. The van der Waals surface area contributed by atoms with Gasteiger partial charge in [-0.25, -0.2) is 4.79 Å². The van der Waals surface area contributed by atoms with Crippen LogP contribution >= 0.6 is 11.6 Å². The number of halogens is 1. The molecule has 0 aliphatic rings. The van der Waals surface area contributed by atoms with Gasteiger partial charge >= 0.3 is 5.97 Å². The molecule has 1 rings (SSSR count). The van der Waals surface area contributed by atoms with Gasteiger partial charge < -0.3 is 14.8 Å². The second-order valence-electron chi connectivity index (χ2n) is 3.66. The van der Waals surface area contributed by atoms with Crippen LogP contribution in [0.3, 0.4) is 0 Å². The minimum atomic E-state index is -1.27. The molecule has 2 N–H and O–H groups in total. The Balaban J connectivity index is 2.93. The Labute approximate surface area is 104 Å². The van der Waals surface area contributed by atoms with Crippen LogP contribution in [0, 0.1) is 0 Å². The molecule has 0 radical (unpaired) electrons. The summed E-state index contributed by atoms with van der Waals surface area (Å²) in [5.41, 5.74) is -1.13. The molecule has 1 amide bonds. The monoisotopic (exact) mass is 259 g/mol. The predicted octanol–water partition coefficient (Wildman–Crippen LogP) is 2.31. The Morgan fingerprint density at radius 1 is 1.47 bits per heavy atom. The van der Waals surface area contributed by atoms with E-state index in [4.69, 9.17) is 21.1 Å². The van der Waals surface area contributed by atoms with Crippen LogP contribution in [0.4, 0.5) is 0 Å². The van der Waals surface area contributed by atoms with Crippen molar-refractivity contribution >= 4 is 23.5 Å². The summed E-state index contributed by atoms with van der Waals surface area (Å²) in [4.78, 5) is 23.0. The minimum absolute atomic E-state index is 0.0472. The van der Waals surface area contributed by atoms with Crippen molar-refractivity contribution in [3.05, 3.63) is 23.1 Å². The fourth-order valence-corrected chi connectivity index (χ4v) is 1.72. The van der Waals surface area contributed by atoms with E-state index in [-0.39, 0.29) is 10.8 Å². The molecule has 0 fully saturated rings. The number of rotatable bonds is 5. The van der Waals surface area contributed by atoms with Crippen molar-refractivity contribution in [2.45, 2.75) is 32.2 Å². The maximum absolute atomic E-state index is 11.8. The Morgan fingerprint density at radius 2 is 2.06 bits per heavy atom. The van der Waals surface area contributed by atoms with Gasteiger partial charge in [0.05, 0.1) is 11.8 Å². The Morgan fingerprint density at radius 3 is 2.41 bits per heavy atom. The minimum Gasteiger partial charge on any atom is -0.480 e. The molecule has 0 aliphatic heterocycles. The molecule has 5 nitrogen and oxygen atoms in total. The first kappa shape index (κ1) is 13.6. The van der Waals surface area contributed by atoms with Crippen molar-refractivity contribution < 1.29 is 19.1 Å². The maximum Gasteiger partial charge on any atom is 0.329 e. The molecule has 0 unspecified atom stereocenters. The number of hydrogen-bond acceptors (Lipinski definition) is 3. The number of hydrogen-bond donors (Lipinski definition) is 2. The summed E-state index contributed by atoms with van der Waals surface area (Å²) in [5.74, 6) is -1.61. The van der Waals surface area contributed by atoms with E-state index in [0.29, 0.717) is 12.8 Å². The average molecular weight is 260 g/mol. The highest BCUT2D eigenvalue weighted by atomic mass is 35.5. The quantitative estimate of drug-likeness (QED) is 0.850. The van der Waals surface area contributed by atoms with E-state index in [0.717, 1.165) is 0 Å². The van der Waals surface area contributed by atoms with Crippen LogP contribution in [0.1, 0.15) is 37.0 Å².